The number of nitrogens with one attached hydrogen (secondary N) is 1. The number of hydrogen-bond acceptors (Lipinski definition) is 3. The maximum atomic E-state index is 13.3. The van der Waals surface area contributed by atoms with E-state index >= 15 is 0 Å². The number of carbonyl (C=O) groups excluding carboxylic acids is 3. The normalized spacial score (nSPS) is 23.6. The number of allylic oxidation sites excluding steroid dienone is 2. The lowest BCUT2D eigenvalue weighted by molar-refractivity contribution is -0.138. The molecular formula is C22H27N3O3. The maximum absolute atomic E-state index is 13.3. The molecule has 0 bridgehead atoms. The molecule has 1 N–H and O–H groups in total. The molecule has 3 aliphatic rings. The van der Waals surface area contributed by atoms with Crippen LogP contribution in [0, 0.1) is 0 Å². The smallest absolute Gasteiger partial charge is 0.319 e. The molecule has 1 aliphatic heterocycles. The minimum Gasteiger partial charge on any atom is -0.319 e. The van der Waals surface area contributed by atoms with Gasteiger partial charge in [-0.25, -0.2) is 4.79 Å². The molecule has 1 fully saturated rings. The van der Waals surface area contributed by atoms with Crippen LogP contribution in [0.5, 0.6) is 0 Å². The Morgan fingerprint density at radius 3 is 2.79 bits per heavy atom. The Hall–Kier alpha value is -2.63. The van der Waals surface area contributed by atoms with Crippen LogP contribution in [0.15, 0.2) is 36.0 Å². The van der Waals surface area contributed by atoms with Gasteiger partial charge in [0.05, 0.1) is 0 Å². The Morgan fingerprint density at radius 2 is 2.04 bits per heavy atom. The zero-order valence-electron chi connectivity index (χ0n) is 16.4. The standard InChI is InChI=1S/C22H27N3O3/c1-2-14-24(17-10-4-5-11-17)19(26)15-25-20(27)22(23-21(25)28)13-7-9-16-8-3-6-12-18(16)22/h3,6,8,10,12H,2,4-5,7,9,11,13-15H2,1H3,(H,23,28)/t22-/m0/s1. The summed E-state index contributed by atoms with van der Waals surface area (Å²) in [5.41, 5.74) is 1.98. The Kier molecular flexibility index (Phi) is 4.96. The van der Waals surface area contributed by atoms with Gasteiger partial charge in [0.25, 0.3) is 5.91 Å². The van der Waals surface area contributed by atoms with Crippen molar-refractivity contribution in [2.75, 3.05) is 13.1 Å². The van der Waals surface area contributed by atoms with Crippen LogP contribution in [-0.4, -0.2) is 40.7 Å². The summed E-state index contributed by atoms with van der Waals surface area (Å²) in [6.45, 7) is 2.44. The van der Waals surface area contributed by atoms with Gasteiger partial charge in [0, 0.05) is 12.2 Å². The average molecular weight is 381 g/mol. The number of nitrogens with zero attached hydrogens (tertiary/aromatic N) is 2. The summed E-state index contributed by atoms with van der Waals surface area (Å²) >= 11 is 0. The third kappa shape index (κ3) is 3.01. The first kappa shape index (κ1) is 18.7. The van der Waals surface area contributed by atoms with E-state index in [0.717, 1.165) is 60.2 Å². The Labute approximate surface area is 165 Å². The fourth-order valence-electron chi connectivity index (χ4n) is 4.73. The largest absolute Gasteiger partial charge is 0.325 e. The van der Waals surface area contributed by atoms with Crippen molar-refractivity contribution in [1.29, 1.82) is 0 Å². The highest BCUT2D eigenvalue weighted by atomic mass is 16.2. The first-order valence-electron chi connectivity index (χ1n) is 10.3. The lowest BCUT2D eigenvalue weighted by Gasteiger charge is -2.33. The van der Waals surface area contributed by atoms with Gasteiger partial charge < -0.3 is 10.2 Å². The van der Waals surface area contributed by atoms with Crippen LogP contribution in [0.25, 0.3) is 0 Å². The molecule has 2 aliphatic carbocycles. The molecule has 1 atom stereocenters. The lowest BCUT2D eigenvalue weighted by Crippen LogP contribution is -2.47. The summed E-state index contributed by atoms with van der Waals surface area (Å²) in [7, 11) is 0. The molecule has 0 aromatic heterocycles. The monoisotopic (exact) mass is 381 g/mol. The molecule has 1 aromatic carbocycles. The third-order valence-electron chi connectivity index (χ3n) is 6.06. The topological polar surface area (TPSA) is 69.7 Å². The molecule has 148 valence electrons. The summed E-state index contributed by atoms with van der Waals surface area (Å²) in [6, 6.07) is 7.32. The molecule has 1 saturated heterocycles. The first-order valence-corrected chi connectivity index (χ1v) is 10.3. The average Bonchev–Trinajstić information content (AvgIpc) is 3.30. The fourth-order valence-corrected chi connectivity index (χ4v) is 4.73. The quantitative estimate of drug-likeness (QED) is 0.797. The van der Waals surface area contributed by atoms with E-state index in [4.69, 9.17) is 0 Å². The minimum absolute atomic E-state index is 0.181. The van der Waals surface area contributed by atoms with Crippen LogP contribution in [0.3, 0.4) is 0 Å². The molecule has 4 amide bonds. The fraction of sp³-hybridized carbons (Fsp3) is 0.500. The molecule has 1 heterocycles. The van der Waals surface area contributed by atoms with Gasteiger partial charge >= 0.3 is 6.03 Å². The molecule has 6 heteroatoms. The second kappa shape index (κ2) is 7.41. The van der Waals surface area contributed by atoms with Crippen molar-refractivity contribution in [2.45, 2.75) is 57.4 Å². The maximum Gasteiger partial charge on any atom is 0.325 e. The van der Waals surface area contributed by atoms with Crippen molar-refractivity contribution in [3.05, 3.63) is 47.2 Å². The van der Waals surface area contributed by atoms with Crippen molar-refractivity contribution >= 4 is 17.8 Å². The number of rotatable bonds is 5. The second-order valence-corrected chi connectivity index (χ2v) is 7.87. The van der Waals surface area contributed by atoms with Crippen LogP contribution >= 0.6 is 0 Å². The molecule has 0 radical (unpaired) electrons. The van der Waals surface area contributed by atoms with E-state index in [-0.39, 0.29) is 18.4 Å². The summed E-state index contributed by atoms with van der Waals surface area (Å²) in [6.07, 6.45) is 8.14. The number of imide groups is 1. The highest BCUT2D eigenvalue weighted by Crippen LogP contribution is 2.39. The van der Waals surface area contributed by atoms with Crippen molar-refractivity contribution in [2.24, 2.45) is 0 Å². The van der Waals surface area contributed by atoms with Gasteiger partial charge in [0.15, 0.2) is 0 Å². The van der Waals surface area contributed by atoms with E-state index in [0.29, 0.717) is 13.0 Å². The van der Waals surface area contributed by atoms with Crippen LogP contribution < -0.4 is 5.32 Å². The molecule has 0 saturated carbocycles. The zero-order valence-corrected chi connectivity index (χ0v) is 16.4. The van der Waals surface area contributed by atoms with Crippen LogP contribution in [0.2, 0.25) is 0 Å². The van der Waals surface area contributed by atoms with Crippen molar-refractivity contribution in [3.63, 3.8) is 0 Å². The summed E-state index contributed by atoms with van der Waals surface area (Å²) < 4.78 is 0. The van der Waals surface area contributed by atoms with E-state index in [1.807, 2.05) is 31.2 Å². The van der Waals surface area contributed by atoms with Gasteiger partial charge in [0.2, 0.25) is 5.91 Å². The van der Waals surface area contributed by atoms with Crippen LogP contribution in [0.4, 0.5) is 4.79 Å². The number of fused-ring (bicyclic) bond motifs is 2. The predicted molar refractivity (Wildman–Crippen MR) is 105 cm³/mol. The molecule has 28 heavy (non-hydrogen) atoms. The number of hydrogen-bond donors (Lipinski definition) is 1. The molecular weight excluding hydrogens is 354 g/mol. The van der Waals surface area contributed by atoms with Crippen LogP contribution in [0.1, 0.15) is 56.6 Å². The van der Waals surface area contributed by atoms with Gasteiger partial charge in [-0.05, 0) is 56.1 Å². The Morgan fingerprint density at radius 1 is 1.21 bits per heavy atom. The van der Waals surface area contributed by atoms with E-state index in [2.05, 4.69) is 11.4 Å². The Balaban J connectivity index is 1.58. The van der Waals surface area contributed by atoms with Crippen molar-refractivity contribution < 1.29 is 14.4 Å². The lowest BCUT2D eigenvalue weighted by atomic mass is 9.76. The Bertz CT molecular complexity index is 847. The van der Waals surface area contributed by atoms with Gasteiger partial charge in [0.1, 0.15) is 12.1 Å². The highest BCUT2D eigenvalue weighted by Gasteiger charge is 2.54. The molecule has 1 spiro atoms. The predicted octanol–water partition coefficient (Wildman–Crippen LogP) is 3.08. The zero-order chi connectivity index (χ0) is 19.7. The van der Waals surface area contributed by atoms with Gasteiger partial charge in [-0.15, -0.1) is 0 Å². The number of urea groups is 1. The minimum atomic E-state index is -1.02. The first-order chi connectivity index (χ1) is 13.6. The summed E-state index contributed by atoms with van der Waals surface area (Å²) in [5.74, 6) is -0.477. The summed E-state index contributed by atoms with van der Waals surface area (Å²) in [4.78, 5) is 41.9. The van der Waals surface area contributed by atoms with E-state index in [1.165, 1.54) is 0 Å². The van der Waals surface area contributed by atoms with Crippen molar-refractivity contribution in [1.82, 2.24) is 15.1 Å². The highest BCUT2D eigenvalue weighted by molar-refractivity contribution is 6.09. The number of carbonyl (C=O) groups is 3. The van der Waals surface area contributed by atoms with Gasteiger partial charge in [-0.1, -0.05) is 37.3 Å². The third-order valence-corrected chi connectivity index (χ3v) is 6.06. The summed E-state index contributed by atoms with van der Waals surface area (Å²) in [5, 5.41) is 2.92. The number of amides is 4. The van der Waals surface area contributed by atoms with E-state index in [9.17, 15) is 14.4 Å². The van der Waals surface area contributed by atoms with Crippen LogP contribution in [-0.2, 0) is 21.5 Å². The van der Waals surface area contributed by atoms with Gasteiger partial charge in [-0.2, -0.15) is 0 Å². The molecule has 1 aromatic rings. The molecule has 0 unspecified atom stereocenters. The SMILES string of the molecule is CCCN(C(=O)CN1C(=O)N[C@]2(CCCc3ccccc32)C1=O)C1=CCCC1. The van der Waals surface area contributed by atoms with Gasteiger partial charge in [-0.3, -0.25) is 14.5 Å². The van der Waals surface area contributed by atoms with Crippen molar-refractivity contribution in [3.8, 4) is 0 Å². The second-order valence-electron chi connectivity index (χ2n) is 7.87. The molecule has 6 nitrogen and oxygen atoms in total. The number of aryl methyl sites for hydroxylation is 1. The number of benzene rings is 1. The van der Waals surface area contributed by atoms with E-state index < -0.39 is 11.6 Å². The molecule has 4 rings (SSSR count). The van der Waals surface area contributed by atoms with E-state index in [1.54, 1.807) is 4.90 Å².